The fraction of sp³-hybridized carbons (Fsp3) is 0.350. The highest BCUT2D eigenvalue weighted by atomic mass is 16.5. The summed E-state index contributed by atoms with van der Waals surface area (Å²) in [6.07, 6.45) is 4.95. The Morgan fingerprint density at radius 1 is 1.21 bits per heavy atom. The molecule has 1 aliphatic heterocycles. The summed E-state index contributed by atoms with van der Waals surface area (Å²) in [4.78, 5) is 26.9. The Balaban J connectivity index is 1.30. The molecule has 1 amide bonds. The molecule has 28 heavy (non-hydrogen) atoms. The van der Waals surface area contributed by atoms with Gasteiger partial charge in [0, 0.05) is 44.2 Å². The summed E-state index contributed by atoms with van der Waals surface area (Å²) in [5.41, 5.74) is 1.24. The summed E-state index contributed by atoms with van der Waals surface area (Å²) < 4.78 is 10.4. The average molecular weight is 379 g/mol. The highest BCUT2D eigenvalue weighted by Crippen LogP contribution is 2.29. The van der Waals surface area contributed by atoms with E-state index < -0.39 is 0 Å². The Hall–Kier alpha value is -3.29. The molecule has 0 bridgehead atoms. The van der Waals surface area contributed by atoms with Crippen LogP contribution in [0, 0.1) is 0 Å². The van der Waals surface area contributed by atoms with Crippen molar-refractivity contribution in [3.05, 3.63) is 54.2 Å². The molecule has 0 radical (unpaired) electrons. The van der Waals surface area contributed by atoms with Gasteiger partial charge in [0.25, 0.3) is 0 Å². The van der Waals surface area contributed by atoms with Crippen LogP contribution >= 0.6 is 0 Å². The summed E-state index contributed by atoms with van der Waals surface area (Å²) in [6.45, 7) is 1.50. The van der Waals surface area contributed by atoms with Gasteiger partial charge in [0.2, 0.25) is 23.4 Å². The van der Waals surface area contributed by atoms with Gasteiger partial charge in [0.15, 0.2) is 0 Å². The van der Waals surface area contributed by atoms with Crippen LogP contribution in [0.25, 0.3) is 11.6 Å². The van der Waals surface area contributed by atoms with E-state index in [0.717, 1.165) is 25.3 Å². The predicted octanol–water partition coefficient (Wildman–Crippen LogP) is 2.48. The number of benzene rings is 1. The maximum absolute atomic E-state index is 12.6. The number of carbonyl (C=O) groups excluding carboxylic acids is 1. The number of aromatic nitrogens is 4. The largest absolute Gasteiger partial charge is 0.497 e. The minimum atomic E-state index is 0.103. The van der Waals surface area contributed by atoms with Crippen LogP contribution in [0.15, 0.2) is 47.2 Å². The molecule has 1 fully saturated rings. The molecule has 1 aliphatic rings. The third-order valence-corrected chi connectivity index (χ3v) is 4.91. The first-order valence-corrected chi connectivity index (χ1v) is 9.24. The Morgan fingerprint density at radius 2 is 2.00 bits per heavy atom. The van der Waals surface area contributed by atoms with E-state index in [0.29, 0.717) is 36.3 Å². The minimum absolute atomic E-state index is 0.103. The molecule has 0 saturated carbocycles. The van der Waals surface area contributed by atoms with E-state index >= 15 is 0 Å². The van der Waals surface area contributed by atoms with Crippen LogP contribution in [0.1, 0.15) is 30.2 Å². The Labute approximate surface area is 162 Å². The SMILES string of the molecule is COc1ccc(C2CCN(C(=O)CCc3nc(-c4ncccn4)no3)C2)cc1. The number of hydrogen-bond acceptors (Lipinski definition) is 7. The van der Waals surface area contributed by atoms with Crippen LogP contribution in [0.2, 0.25) is 0 Å². The second kappa shape index (κ2) is 8.16. The van der Waals surface area contributed by atoms with Crippen molar-refractivity contribution in [3.8, 4) is 17.4 Å². The highest BCUT2D eigenvalue weighted by molar-refractivity contribution is 5.76. The second-order valence-electron chi connectivity index (χ2n) is 6.68. The Bertz CT molecular complexity index is 927. The van der Waals surface area contributed by atoms with E-state index in [1.54, 1.807) is 25.6 Å². The second-order valence-corrected chi connectivity index (χ2v) is 6.68. The van der Waals surface area contributed by atoms with E-state index in [1.807, 2.05) is 17.0 Å². The van der Waals surface area contributed by atoms with Gasteiger partial charge in [-0.15, -0.1) is 0 Å². The van der Waals surface area contributed by atoms with E-state index in [2.05, 4.69) is 32.2 Å². The maximum atomic E-state index is 12.6. The fourth-order valence-electron chi connectivity index (χ4n) is 3.37. The van der Waals surface area contributed by atoms with Gasteiger partial charge in [-0.3, -0.25) is 4.79 Å². The van der Waals surface area contributed by atoms with Crippen molar-refractivity contribution in [2.75, 3.05) is 20.2 Å². The van der Waals surface area contributed by atoms with E-state index in [1.165, 1.54) is 5.56 Å². The molecule has 3 heterocycles. The Kier molecular flexibility index (Phi) is 5.27. The molecule has 0 aliphatic carbocycles. The number of rotatable bonds is 6. The van der Waals surface area contributed by atoms with Crippen LogP contribution in [0.4, 0.5) is 0 Å². The molecular weight excluding hydrogens is 358 g/mol. The summed E-state index contributed by atoms with van der Waals surface area (Å²) in [7, 11) is 1.66. The minimum Gasteiger partial charge on any atom is -0.497 e. The fourth-order valence-corrected chi connectivity index (χ4v) is 3.37. The number of ether oxygens (including phenoxy) is 1. The van der Waals surface area contributed by atoms with Gasteiger partial charge in [-0.05, 0) is 30.2 Å². The molecule has 1 aromatic carbocycles. The third-order valence-electron chi connectivity index (χ3n) is 4.91. The number of likely N-dealkylation sites (tertiary alicyclic amines) is 1. The molecule has 8 heteroatoms. The quantitative estimate of drug-likeness (QED) is 0.649. The molecule has 0 spiro atoms. The van der Waals surface area contributed by atoms with Crippen LogP contribution in [0.5, 0.6) is 5.75 Å². The van der Waals surface area contributed by atoms with Crippen LogP contribution in [-0.4, -0.2) is 51.1 Å². The van der Waals surface area contributed by atoms with Crippen molar-refractivity contribution < 1.29 is 14.1 Å². The van der Waals surface area contributed by atoms with E-state index in [-0.39, 0.29) is 5.91 Å². The molecule has 8 nitrogen and oxygen atoms in total. The first-order chi connectivity index (χ1) is 13.7. The average Bonchev–Trinajstić information content (AvgIpc) is 3.43. The van der Waals surface area contributed by atoms with Gasteiger partial charge >= 0.3 is 0 Å². The molecule has 3 aromatic rings. The van der Waals surface area contributed by atoms with Gasteiger partial charge in [-0.2, -0.15) is 4.98 Å². The van der Waals surface area contributed by atoms with E-state index in [9.17, 15) is 4.79 Å². The summed E-state index contributed by atoms with van der Waals surface area (Å²) >= 11 is 0. The van der Waals surface area contributed by atoms with Crippen LogP contribution < -0.4 is 4.74 Å². The monoisotopic (exact) mass is 379 g/mol. The standard InChI is InChI=1S/C20H21N5O3/c1-27-16-5-3-14(4-6-16)15-9-12-25(13-15)18(26)8-7-17-23-20(24-28-17)19-21-10-2-11-22-19/h2-6,10-11,15H,7-9,12-13H2,1H3. The predicted molar refractivity (Wildman–Crippen MR) is 101 cm³/mol. The van der Waals surface area contributed by atoms with Crippen molar-refractivity contribution >= 4 is 5.91 Å². The third kappa shape index (κ3) is 4.00. The molecule has 1 unspecified atom stereocenters. The number of amides is 1. The van der Waals surface area contributed by atoms with Gasteiger partial charge in [0.05, 0.1) is 7.11 Å². The number of aryl methyl sites for hydroxylation is 1. The molecular formula is C20H21N5O3. The van der Waals surface area contributed by atoms with Crippen LogP contribution in [-0.2, 0) is 11.2 Å². The summed E-state index contributed by atoms with van der Waals surface area (Å²) in [5.74, 6) is 2.47. The molecule has 1 atom stereocenters. The van der Waals surface area contributed by atoms with Gasteiger partial charge in [-0.25, -0.2) is 9.97 Å². The van der Waals surface area contributed by atoms with Crippen molar-refractivity contribution in [2.24, 2.45) is 0 Å². The van der Waals surface area contributed by atoms with Crippen LogP contribution in [0.3, 0.4) is 0 Å². The summed E-state index contributed by atoms with van der Waals surface area (Å²) in [5, 5.41) is 3.88. The number of methoxy groups -OCH3 is 1. The Morgan fingerprint density at radius 3 is 2.75 bits per heavy atom. The molecule has 4 rings (SSSR count). The number of carbonyl (C=O) groups is 1. The molecule has 144 valence electrons. The lowest BCUT2D eigenvalue weighted by Gasteiger charge is -2.16. The first kappa shape index (κ1) is 18.1. The lowest BCUT2D eigenvalue weighted by Crippen LogP contribution is -2.28. The first-order valence-electron chi connectivity index (χ1n) is 9.24. The topological polar surface area (TPSA) is 94.2 Å². The smallest absolute Gasteiger partial charge is 0.240 e. The number of hydrogen-bond donors (Lipinski definition) is 0. The molecule has 1 saturated heterocycles. The van der Waals surface area contributed by atoms with Crippen molar-refractivity contribution in [2.45, 2.75) is 25.2 Å². The number of nitrogens with zero attached hydrogens (tertiary/aromatic N) is 5. The van der Waals surface area contributed by atoms with Gasteiger partial charge < -0.3 is 14.2 Å². The highest BCUT2D eigenvalue weighted by Gasteiger charge is 2.27. The molecule has 0 N–H and O–H groups in total. The lowest BCUT2D eigenvalue weighted by molar-refractivity contribution is -0.130. The van der Waals surface area contributed by atoms with E-state index in [4.69, 9.17) is 9.26 Å². The zero-order valence-corrected chi connectivity index (χ0v) is 15.6. The zero-order valence-electron chi connectivity index (χ0n) is 15.6. The van der Waals surface area contributed by atoms with Crippen molar-refractivity contribution in [1.29, 1.82) is 0 Å². The molecule has 2 aromatic heterocycles. The summed E-state index contributed by atoms with van der Waals surface area (Å²) in [6, 6.07) is 9.79. The zero-order chi connectivity index (χ0) is 19.3. The van der Waals surface area contributed by atoms with Crippen molar-refractivity contribution in [3.63, 3.8) is 0 Å². The maximum Gasteiger partial charge on any atom is 0.240 e. The van der Waals surface area contributed by atoms with Crippen molar-refractivity contribution in [1.82, 2.24) is 25.0 Å². The lowest BCUT2D eigenvalue weighted by atomic mass is 9.98. The normalized spacial score (nSPS) is 16.3. The van der Waals surface area contributed by atoms with Gasteiger partial charge in [-0.1, -0.05) is 17.3 Å². The van der Waals surface area contributed by atoms with Gasteiger partial charge in [0.1, 0.15) is 5.75 Å².